The van der Waals surface area contributed by atoms with Crippen molar-refractivity contribution in [1.82, 2.24) is 9.88 Å². The Kier molecular flexibility index (Phi) is 11.2. The number of H-pyrrole nitrogens is 1. The third-order valence-electron chi connectivity index (χ3n) is 11.1. The van der Waals surface area contributed by atoms with Crippen molar-refractivity contribution in [1.29, 1.82) is 5.26 Å². The van der Waals surface area contributed by atoms with E-state index in [1.165, 1.54) is 14.2 Å². The molecular weight excluding hydrogens is 693 g/mol. The molecule has 8 nitrogen and oxygen atoms in total. The number of hydrogen-bond acceptors (Lipinski definition) is 7. The van der Waals surface area contributed by atoms with Gasteiger partial charge in [0.25, 0.3) is 0 Å². The monoisotopic (exact) mass is 745 g/mol. The zero-order valence-electron chi connectivity index (χ0n) is 31.9. The van der Waals surface area contributed by atoms with Gasteiger partial charge in [0.2, 0.25) is 0 Å². The molecule has 9 heteroatoms. The van der Waals surface area contributed by atoms with Crippen LogP contribution in [0.25, 0.3) is 21.8 Å². The molecule has 0 amide bonds. The molecular formula is C45H52N3O5P. The second kappa shape index (κ2) is 15.4. The molecule has 6 aromatic rings. The Morgan fingerprint density at radius 2 is 1.13 bits per heavy atom. The molecule has 1 aromatic heterocycles. The van der Waals surface area contributed by atoms with E-state index in [9.17, 15) is 19.9 Å². The summed E-state index contributed by atoms with van der Waals surface area (Å²) in [5.41, 5.74) is 1.72. The molecule has 54 heavy (non-hydrogen) atoms. The van der Waals surface area contributed by atoms with Gasteiger partial charge in [0.1, 0.15) is 0 Å². The fourth-order valence-corrected chi connectivity index (χ4v) is 11.9. The Balaban J connectivity index is 1.74. The molecule has 5 aromatic carbocycles. The van der Waals surface area contributed by atoms with Gasteiger partial charge in [-0.15, -0.1) is 0 Å². The summed E-state index contributed by atoms with van der Waals surface area (Å²) < 4.78 is 13.5. The zero-order chi connectivity index (χ0) is 38.8. The molecule has 0 bridgehead atoms. The van der Waals surface area contributed by atoms with Crippen LogP contribution in [0.1, 0.15) is 49.9 Å². The Labute approximate surface area is 318 Å². The topological polar surface area (TPSA) is 122 Å². The van der Waals surface area contributed by atoms with Crippen LogP contribution < -0.4 is 0 Å². The van der Waals surface area contributed by atoms with Crippen molar-refractivity contribution in [2.24, 2.45) is 0 Å². The van der Waals surface area contributed by atoms with Crippen molar-refractivity contribution in [3.8, 4) is 6.07 Å². The van der Waals surface area contributed by atoms with Crippen LogP contribution >= 0.6 is 7.28 Å². The fraction of sp³-hybridized carbons (Fsp3) is 0.311. The fourth-order valence-electron chi connectivity index (χ4n) is 9.04. The van der Waals surface area contributed by atoms with E-state index in [1.807, 2.05) is 166 Å². The minimum absolute atomic E-state index is 0.0943. The number of hydrogen-bond donors (Lipinski definition) is 4. The van der Waals surface area contributed by atoms with Crippen molar-refractivity contribution in [3.05, 3.63) is 156 Å². The predicted molar refractivity (Wildman–Crippen MR) is 219 cm³/mol. The maximum atomic E-state index is 13.1. The molecule has 4 N–H and O–H groups in total. The summed E-state index contributed by atoms with van der Waals surface area (Å²) in [6, 6.07) is 44.1. The number of benzene rings is 5. The summed E-state index contributed by atoms with van der Waals surface area (Å²) in [6.45, 7) is 7.83. The molecule has 0 aliphatic rings. The second-order valence-electron chi connectivity index (χ2n) is 14.8. The number of para-hydroxylation sites is 2. The van der Waals surface area contributed by atoms with E-state index in [0.717, 1.165) is 44.1 Å². The Morgan fingerprint density at radius 1 is 0.667 bits per heavy atom. The van der Waals surface area contributed by atoms with Crippen molar-refractivity contribution in [3.63, 3.8) is 0 Å². The van der Waals surface area contributed by atoms with Crippen molar-refractivity contribution in [2.45, 2.75) is 69.1 Å². The van der Waals surface area contributed by atoms with Crippen LogP contribution in [0.2, 0.25) is 0 Å². The number of aromatic amines is 1. The van der Waals surface area contributed by atoms with Crippen molar-refractivity contribution in [2.75, 3.05) is 20.4 Å². The van der Waals surface area contributed by atoms with E-state index in [0.29, 0.717) is 0 Å². The molecule has 0 aliphatic carbocycles. The van der Waals surface area contributed by atoms with Gasteiger partial charge in [-0.2, -0.15) is 0 Å². The number of ether oxygens (including phenoxy) is 2. The average Bonchev–Trinajstić information content (AvgIpc) is 3.56. The van der Waals surface area contributed by atoms with E-state index in [2.05, 4.69) is 11.1 Å². The van der Waals surface area contributed by atoms with Gasteiger partial charge >= 0.3 is 320 Å². The number of nitriles is 1. The molecule has 0 spiro atoms. The molecule has 2 unspecified atom stereocenters. The normalized spacial score (nSPS) is 14.7. The number of nitrogens with one attached hydrogen (secondary N) is 1. The van der Waals surface area contributed by atoms with E-state index in [1.54, 1.807) is 0 Å². The van der Waals surface area contributed by atoms with E-state index < -0.39 is 36.3 Å². The van der Waals surface area contributed by atoms with Crippen LogP contribution in [-0.4, -0.2) is 74.5 Å². The Bertz CT molecular complexity index is 2100. The quantitative estimate of drug-likeness (QED) is 0.0472. The Morgan fingerprint density at radius 3 is 1.59 bits per heavy atom. The molecule has 0 radical (unpaired) electrons. The van der Waals surface area contributed by atoms with Crippen LogP contribution in [0.3, 0.4) is 0 Å². The molecule has 0 saturated carbocycles. The minimum atomic E-state index is -6.12. The SMILES string of the molecule is COC(OC)(C(Cc1cccc2c1[nH]c1ccccc12)P(O)(O)(O)CC(C#N)N(C(C)C)C(C)C)C(c1ccccc1)(c1ccccc1)c1ccccc1. The molecule has 6 rings (SSSR count). The van der Waals surface area contributed by atoms with Gasteiger partial charge in [0.05, 0.1) is 0 Å². The average molecular weight is 746 g/mol. The van der Waals surface area contributed by atoms with Crippen LogP contribution in [0.15, 0.2) is 133 Å². The maximum absolute atomic E-state index is 13.1. The number of rotatable bonds is 15. The van der Waals surface area contributed by atoms with Crippen LogP contribution in [0.4, 0.5) is 0 Å². The van der Waals surface area contributed by atoms with Crippen LogP contribution in [0.5, 0.6) is 0 Å². The summed E-state index contributed by atoms with van der Waals surface area (Å²) in [5.74, 6) is -2.01. The number of fused-ring (bicyclic) bond motifs is 3. The molecule has 1 heterocycles. The summed E-state index contributed by atoms with van der Waals surface area (Å²) in [4.78, 5) is 44.8. The van der Waals surface area contributed by atoms with Crippen LogP contribution in [0, 0.1) is 11.3 Å². The van der Waals surface area contributed by atoms with Gasteiger partial charge in [0.15, 0.2) is 0 Å². The molecule has 2 atom stereocenters. The first kappa shape index (κ1) is 39.3. The first-order valence-electron chi connectivity index (χ1n) is 18.5. The molecule has 0 fully saturated rings. The van der Waals surface area contributed by atoms with E-state index in [4.69, 9.17) is 9.47 Å². The van der Waals surface area contributed by atoms with Crippen molar-refractivity contribution < 1.29 is 24.2 Å². The van der Waals surface area contributed by atoms with Crippen LogP contribution in [-0.2, 0) is 21.3 Å². The van der Waals surface area contributed by atoms with Gasteiger partial charge in [-0.1, -0.05) is 0 Å². The third-order valence-corrected chi connectivity index (χ3v) is 13.9. The summed E-state index contributed by atoms with van der Waals surface area (Å²) in [5, 5.41) is 12.7. The van der Waals surface area contributed by atoms with E-state index >= 15 is 0 Å². The first-order chi connectivity index (χ1) is 25.8. The zero-order valence-corrected chi connectivity index (χ0v) is 32.8. The first-order valence-corrected chi connectivity index (χ1v) is 20.9. The number of nitrogens with zero attached hydrogens (tertiary/aromatic N) is 2. The summed E-state index contributed by atoms with van der Waals surface area (Å²) >= 11 is 0. The second-order valence-corrected chi connectivity index (χ2v) is 18.3. The van der Waals surface area contributed by atoms with E-state index in [-0.39, 0.29) is 18.5 Å². The summed E-state index contributed by atoms with van der Waals surface area (Å²) in [7, 11) is -3.14. The molecule has 0 aliphatic heterocycles. The Hall–Kier alpha value is -4.42. The van der Waals surface area contributed by atoms with Gasteiger partial charge in [0, 0.05) is 0 Å². The molecule has 0 saturated heterocycles. The molecule has 282 valence electrons. The third kappa shape index (κ3) is 6.76. The summed E-state index contributed by atoms with van der Waals surface area (Å²) in [6.07, 6.45) is -0.725. The number of aromatic nitrogens is 1. The standard InChI is InChI=1S/C45H52N3O5P/c1-32(2)48(33(3)4)38(30-46)31-54(49,50,51)42(29-34-19-18-27-40-39-26-16-17-28-41(39)47-43(34)40)45(52-5,53-6)44(35-20-10-7-11-21-35,36-22-12-8-13-23-36)37-24-14-9-15-25-37/h7-28,32-33,38,42,47,49-51H,29,31H2,1-6H3. The van der Waals surface area contributed by atoms with Crippen molar-refractivity contribution >= 4 is 29.1 Å². The van der Waals surface area contributed by atoms with Gasteiger partial charge < -0.3 is 0 Å². The predicted octanol–water partition coefficient (Wildman–Crippen LogP) is 8.54. The van der Waals surface area contributed by atoms with Gasteiger partial charge in [-0.05, 0) is 0 Å². The van der Waals surface area contributed by atoms with Gasteiger partial charge in [-0.3, -0.25) is 0 Å². The van der Waals surface area contributed by atoms with Gasteiger partial charge in [-0.25, -0.2) is 0 Å². The number of methoxy groups -OCH3 is 2.